The van der Waals surface area contributed by atoms with Crippen LogP contribution in [0.3, 0.4) is 0 Å². The first kappa shape index (κ1) is 12.8. The highest BCUT2D eigenvalue weighted by Gasteiger charge is 2.14. The number of anilines is 1. The van der Waals surface area contributed by atoms with E-state index in [1.165, 1.54) is 0 Å². The summed E-state index contributed by atoms with van der Waals surface area (Å²) in [4.78, 5) is 10.9. The molecular weight excluding hydrogens is 274 g/mol. The zero-order valence-corrected chi connectivity index (χ0v) is 10.7. The summed E-state index contributed by atoms with van der Waals surface area (Å²) in [5.74, 6) is -0.182. The molecule has 1 unspecified atom stereocenters. The molecule has 5 heteroatoms. The fraction of sp³-hybridized carbons (Fsp3) is 0.364. The van der Waals surface area contributed by atoms with Crippen LogP contribution in [0.2, 0.25) is 0 Å². The maximum absolute atomic E-state index is 10.9. The summed E-state index contributed by atoms with van der Waals surface area (Å²) in [6, 6.07) is 4.80. The number of benzene rings is 1. The number of ether oxygens (including phenoxy) is 1. The molecule has 0 bridgehead atoms. The first-order chi connectivity index (χ1) is 7.56. The number of nitrogens with one attached hydrogen (secondary N) is 1. The quantitative estimate of drug-likeness (QED) is 0.874. The molecule has 2 N–H and O–H groups in total. The number of carbonyl (C=O) groups is 1. The standard InChI is InChI=1S/C11H14BrNO3/c1-3-10(11(14)15)13-8-4-7(12)5-9(6-8)16-2/h4-6,10,13H,3H2,1-2H3,(H,14,15). The minimum atomic E-state index is -0.860. The number of carboxylic acids is 1. The highest BCUT2D eigenvalue weighted by atomic mass is 79.9. The maximum atomic E-state index is 10.9. The van der Waals surface area contributed by atoms with Gasteiger partial charge in [0.25, 0.3) is 0 Å². The molecular formula is C11H14BrNO3. The van der Waals surface area contributed by atoms with E-state index in [0.717, 1.165) is 10.2 Å². The lowest BCUT2D eigenvalue weighted by Gasteiger charge is -2.14. The highest BCUT2D eigenvalue weighted by Crippen LogP contribution is 2.25. The van der Waals surface area contributed by atoms with Gasteiger partial charge in [0.15, 0.2) is 0 Å². The lowest BCUT2D eigenvalue weighted by atomic mass is 10.2. The summed E-state index contributed by atoms with van der Waals surface area (Å²) in [7, 11) is 1.57. The zero-order chi connectivity index (χ0) is 12.1. The monoisotopic (exact) mass is 287 g/mol. The van der Waals surface area contributed by atoms with Gasteiger partial charge in [-0.1, -0.05) is 22.9 Å². The zero-order valence-electron chi connectivity index (χ0n) is 9.16. The summed E-state index contributed by atoms with van der Waals surface area (Å²) < 4.78 is 5.94. The molecule has 1 rings (SSSR count). The maximum Gasteiger partial charge on any atom is 0.326 e. The SMILES string of the molecule is CCC(Nc1cc(Br)cc(OC)c1)C(=O)O. The third kappa shape index (κ3) is 3.41. The minimum Gasteiger partial charge on any atom is -0.497 e. The first-order valence-electron chi connectivity index (χ1n) is 4.90. The van der Waals surface area contributed by atoms with E-state index in [1.807, 2.05) is 19.1 Å². The van der Waals surface area contributed by atoms with E-state index in [-0.39, 0.29) is 0 Å². The van der Waals surface area contributed by atoms with Gasteiger partial charge in [-0.25, -0.2) is 4.79 Å². The van der Waals surface area contributed by atoms with Crippen LogP contribution in [0.4, 0.5) is 5.69 Å². The summed E-state index contributed by atoms with van der Waals surface area (Å²) in [6.45, 7) is 1.82. The van der Waals surface area contributed by atoms with Crippen molar-refractivity contribution in [1.29, 1.82) is 0 Å². The van der Waals surface area contributed by atoms with E-state index in [4.69, 9.17) is 9.84 Å². The third-order valence-corrected chi connectivity index (χ3v) is 2.61. The molecule has 0 aliphatic heterocycles. The van der Waals surface area contributed by atoms with Crippen LogP contribution in [0.15, 0.2) is 22.7 Å². The Bertz CT molecular complexity index is 381. The van der Waals surface area contributed by atoms with Crippen LogP contribution in [0.25, 0.3) is 0 Å². The van der Waals surface area contributed by atoms with Crippen molar-refractivity contribution < 1.29 is 14.6 Å². The Hall–Kier alpha value is -1.23. The number of methoxy groups -OCH3 is 1. The normalized spacial score (nSPS) is 11.9. The van der Waals surface area contributed by atoms with Crippen molar-refractivity contribution in [2.24, 2.45) is 0 Å². The Morgan fingerprint density at radius 2 is 2.25 bits per heavy atom. The van der Waals surface area contributed by atoms with Gasteiger partial charge in [-0.2, -0.15) is 0 Å². The Morgan fingerprint density at radius 3 is 2.75 bits per heavy atom. The van der Waals surface area contributed by atoms with Crippen molar-refractivity contribution in [2.45, 2.75) is 19.4 Å². The first-order valence-corrected chi connectivity index (χ1v) is 5.70. The summed E-state index contributed by atoms with van der Waals surface area (Å²) in [5.41, 5.74) is 0.723. The molecule has 0 saturated carbocycles. The summed E-state index contributed by atoms with van der Waals surface area (Å²) in [5, 5.41) is 11.9. The molecule has 0 saturated heterocycles. The average molecular weight is 288 g/mol. The number of hydrogen-bond donors (Lipinski definition) is 2. The smallest absolute Gasteiger partial charge is 0.326 e. The molecule has 1 atom stereocenters. The molecule has 0 spiro atoms. The van der Waals surface area contributed by atoms with Gasteiger partial charge < -0.3 is 15.2 Å². The molecule has 0 aliphatic carbocycles. The largest absolute Gasteiger partial charge is 0.497 e. The van der Waals surface area contributed by atoms with Crippen molar-refractivity contribution in [2.75, 3.05) is 12.4 Å². The predicted octanol–water partition coefficient (Wildman–Crippen LogP) is 2.73. The molecule has 1 aromatic rings. The van der Waals surface area contributed by atoms with Crippen LogP contribution in [-0.4, -0.2) is 24.2 Å². The third-order valence-electron chi connectivity index (χ3n) is 2.15. The number of rotatable bonds is 5. The van der Waals surface area contributed by atoms with E-state index in [1.54, 1.807) is 13.2 Å². The molecule has 0 heterocycles. The van der Waals surface area contributed by atoms with E-state index in [2.05, 4.69) is 21.2 Å². The molecule has 0 radical (unpaired) electrons. The van der Waals surface area contributed by atoms with E-state index in [9.17, 15) is 4.79 Å². The Kier molecular flexibility index (Phi) is 4.61. The molecule has 16 heavy (non-hydrogen) atoms. The summed E-state index contributed by atoms with van der Waals surface area (Å²) in [6.07, 6.45) is 0.518. The van der Waals surface area contributed by atoms with Gasteiger partial charge in [0.05, 0.1) is 7.11 Å². The Morgan fingerprint density at radius 1 is 1.56 bits per heavy atom. The van der Waals surface area contributed by atoms with Crippen LogP contribution in [0.5, 0.6) is 5.75 Å². The van der Waals surface area contributed by atoms with Crippen LogP contribution in [-0.2, 0) is 4.79 Å². The van der Waals surface area contributed by atoms with Crippen molar-refractivity contribution in [3.8, 4) is 5.75 Å². The van der Waals surface area contributed by atoms with Gasteiger partial charge in [0.1, 0.15) is 11.8 Å². The van der Waals surface area contributed by atoms with Gasteiger partial charge in [0.2, 0.25) is 0 Å². The van der Waals surface area contributed by atoms with Gasteiger partial charge in [-0.15, -0.1) is 0 Å². The Labute approximate surface area is 103 Å². The van der Waals surface area contributed by atoms with E-state index >= 15 is 0 Å². The average Bonchev–Trinajstić information content (AvgIpc) is 2.24. The molecule has 88 valence electrons. The molecule has 1 aromatic carbocycles. The van der Waals surface area contributed by atoms with Crippen LogP contribution in [0, 0.1) is 0 Å². The second-order valence-electron chi connectivity index (χ2n) is 3.32. The van der Waals surface area contributed by atoms with Crippen molar-refractivity contribution in [1.82, 2.24) is 0 Å². The molecule has 4 nitrogen and oxygen atoms in total. The second-order valence-corrected chi connectivity index (χ2v) is 4.24. The number of carboxylic acid groups (broad SMARTS) is 1. The van der Waals surface area contributed by atoms with Crippen LogP contribution < -0.4 is 10.1 Å². The second kappa shape index (κ2) is 5.75. The number of halogens is 1. The lowest BCUT2D eigenvalue weighted by Crippen LogP contribution is -2.28. The van der Waals surface area contributed by atoms with Gasteiger partial charge in [-0.05, 0) is 18.6 Å². The number of aliphatic carboxylic acids is 1. The predicted molar refractivity (Wildman–Crippen MR) is 66.0 cm³/mol. The van der Waals surface area contributed by atoms with Gasteiger partial charge in [0, 0.05) is 16.2 Å². The number of hydrogen-bond acceptors (Lipinski definition) is 3. The minimum absolute atomic E-state index is 0.518. The molecule has 0 amide bonds. The molecule has 0 fully saturated rings. The molecule has 0 aromatic heterocycles. The van der Waals surface area contributed by atoms with Gasteiger partial charge >= 0.3 is 5.97 Å². The Balaban J connectivity index is 2.87. The molecule has 0 aliphatic rings. The highest BCUT2D eigenvalue weighted by molar-refractivity contribution is 9.10. The van der Waals surface area contributed by atoms with Crippen molar-refractivity contribution >= 4 is 27.6 Å². The lowest BCUT2D eigenvalue weighted by molar-refractivity contribution is -0.137. The van der Waals surface area contributed by atoms with Crippen LogP contribution >= 0.6 is 15.9 Å². The van der Waals surface area contributed by atoms with Crippen molar-refractivity contribution in [3.63, 3.8) is 0 Å². The topological polar surface area (TPSA) is 58.6 Å². The van der Waals surface area contributed by atoms with Crippen LogP contribution in [0.1, 0.15) is 13.3 Å². The summed E-state index contributed by atoms with van der Waals surface area (Å²) >= 11 is 3.34. The van der Waals surface area contributed by atoms with E-state index in [0.29, 0.717) is 12.2 Å². The van der Waals surface area contributed by atoms with E-state index < -0.39 is 12.0 Å². The van der Waals surface area contributed by atoms with Gasteiger partial charge in [-0.3, -0.25) is 0 Å². The fourth-order valence-electron chi connectivity index (χ4n) is 1.30. The fourth-order valence-corrected chi connectivity index (χ4v) is 1.78. The van der Waals surface area contributed by atoms with Crippen molar-refractivity contribution in [3.05, 3.63) is 22.7 Å².